The molecule has 3 aliphatic rings. The van der Waals surface area contributed by atoms with E-state index in [0.29, 0.717) is 28.9 Å². The fraction of sp³-hybridized carbons (Fsp3) is 0.714. The molecular weight excluding hydrogens is 486 g/mol. The fourth-order valence-electron chi connectivity index (χ4n) is 6.84. The van der Waals surface area contributed by atoms with Crippen molar-refractivity contribution >= 4 is 23.2 Å². The van der Waals surface area contributed by atoms with E-state index in [1.807, 2.05) is 12.1 Å². The van der Waals surface area contributed by atoms with E-state index in [2.05, 4.69) is 45.8 Å². The molecule has 2 aromatic rings. The van der Waals surface area contributed by atoms with Gasteiger partial charge in [-0.2, -0.15) is 0 Å². The van der Waals surface area contributed by atoms with Crippen LogP contribution in [0.15, 0.2) is 12.1 Å². The number of ether oxygens (including phenoxy) is 1. The summed E-state index contributed by atoms with van der Waals surface area (Å²) in [5.41, 5.74) is 0. The molecule has 1 saturated carbocycles. The second kappa shape index (κ2) is 11.2. The first-order valence-corrected chi connectivity index (χ1v) is 14.8. The summed E-state index contributed by atoms with van der Waals surface area (Å²) in [7, 11) is 1.41. The molecule has 2 aliphatic heterocycles. The molecule has 0 radical (unpaired) electrons. The minimum Gasteiger partial charge on any atom is -0.465 e. The summed E-state index contributed by atoms with van der Waals surface area (Å²) in [6.45, 7) is 7.41. The molecule has 202 valence electrons. The highest BCUT2D eigenvalue weighted by Gasteiger charge is 2.42. The van der Waals surface area contributed by atoms with E-state index in [1.165, 1.54) is 31.3 Å². The van der Waals surface area contributed by atoms with Gasteiger partial charge in [0.25, 0.3) is 0 Å². The van der Waals surface area contributed by atoms with Gasteiger partial charge in [0, 0.05) is 41.4 Å². The van der Waals surface area contributed by atoms with Crippen LogP contribution in [-0.4, -0.2) is 57.3 Å². The van der Waals surface area contributed by atoms with Gasteiger partial charge in [-0.25, -0.2) is 4.79 Å². The maximum atomic E-state index is 13.1. The maximum absolute atomic E-state index is 13.1. The van der Waals surface area contributed by atoms with Crippen LogP contribution in [0.4, 0.5) is 0 Å². The summed E-state index contributed by atoms with van der Waals surface area (Å²) in [6.07, 6.45) is 9.78. The Hall–Kier alpha value is -2.26. The number of hydrogen-bond donors (Lipinski definition) is 1. The molecular formula is C28H41N5O3S. The zero-order chi connectivity index (χ0) is 26.1. The number of nitrogens with one attached hydrogen (secondary N) is 1. The Morgan fingerprint density at radius 2 is 1.78 bits per heavy atom. The van der Waals surface area contributed by atoms with E-state index in [9.17, 15) is 9.59 Å². The number of nitrogens with zero attached hydrogens (tertiary/aromatic N) is 4. The van der Waals surface area contributed by atoms with Crippen LogP contribution >= 0.6 is 11.3 Å². The summed E-state index contributed by atoms with van der Waals surface area (Å²) < 4.78 is 7.32. The maximum Gasteiger partial charge on any atom is 0.348 e. The van der Waals surface area contributed by atoms with Gasteiger partial charge in [0.2, 0.25) is 5.91 Å². The van der Waals surface area contributed by atoms with Crippen molar-refractivity contribution in [3.63, 3.8) is 0 Å². The average Bonchev–Trinajstić information content (AvgIpc) is 3.68. The van der Waals surface area contributed by atoms with E-state index in [-0.39, 0.29) is 23.8 Å². The zero-order valence-electron chi connectivity index (χ0n) is 22.6. The predicted octanol–water partition coefficient (Wildman–Crippen LogP) is 5.16. The van der Waals surface area contributed by atoms with Gasteiger partial charge in [0.05, 0.1) is 13.2 Å². The fourth-order valence-corrected chi connectivity index (χ4v) is 7.86. The number of carbonyl (C=O) groups excluding carboxylic acids is 2. The van der Waals surface area contributed by atoms with Crippen molar-refractivity contribution in [2.45, 2.75) is 109 Å². The van der Waals surface area contributed by atoms with Gasteiger partial charge < -0.3 is 14.6 Å². The minimum atomic E-state index is -0.317. The highest BCUT2D eigenvalue weighted by Crippen LogP contribution is 2.42. The number of aromatic nitrogens is 3. The molecule has 1 aliphatic carbocycles. The molecule has 3 atom stereocenters. The first kappa shape index (κ1) is 26.4. The van der Waals surface area contributed by atoms with Crippen LogP contribution in [0.25, 0.3) is 0 Å². The molecule has 37 heavy (non-hydrogen) atoms. The standard InChI is InChI=1S/C28H41N5O3S/c1-17(2)26-31-30-18(3)33(26)22-15-20-9-10-21(16-22)32(20)14-13-23(29-27(34)19-7-5-6-8-19)24-11-12-25(37-24)28(35)36-4/h11-12,17,19-23H,5-10,13-16H2,1-4H3,(H,29,34)/t20-,21-,23-/m0/s1. The van der Waals surface area contributed by atoms with Crippen molar-refractivity contribution in [3.05, 3.63) is 33.5 Å². The molecule has 1 N–H and O–H groups in total. The number of thiophene rings is 1. The van der Waals surface area contributed by atoms with Crippen molar-refractivity contribution < 1.29 is 14.3 Å². The van der Waals surface area contributed by atoms with Crippen molar-refractivity contribution in [1.29, 1.82) is 0 Å². The van der Waals surface area contributed by atoms with Crippen molar-refractivity contribution in [2.75, 3.05) is 13.7 Å². The number of aryl methyl sites for hydroxylation is 1. The van der Waals surface area contributed by atoms with E-state index >= 15 is 0 Å². The van der Waals surface area contributed by atoms with Crippen LogP contribution in [0.1, 0.15) is 116 Å². The van der Waals surface area contributed by atoms with Crippen LogP contribution in [0.3, 0.4) is 0 Å². The summed E-state index contributed by atoms with van der Waals surface area (Å²) in [5.74, 6) is 2.46. The van der Waals surface area contributed by atoms with E-state index in [1.54, 1.807) is 0 Å². The van der Waals surface area contributed by atoms with Crippen molar-refractivity contribution in [2.24, 2.45) is 5.92 Å². The number of carbonyl (C=O) groups is 2. The van der Waals surface area contributed by atoms with Crippen molar-refractivity contribution in [1.82, 2.24) is 25.0 Å². The number of rotatable bonds is 9. The zero-order valence-corrected chi connectivity index (χ0v) is 23.4. The summed E-state index contributed by atoms with van der Waals surface area (Å²) in [5, 5.41) is 12.3. The van der Waals surface area contributed by atoms with Gasteiger partial charge in [0.15, 0.2) is 0 Å². The largest absolute Gasteiger partial charge is 0.465 e. The molecule has 9 heteroatoms. The van der Waals surface area contributed by atoms with Crippen LogP contribution < -0.4 is 5.32 Å². The lowest BCUT2D eigenvalue weighted by Crippen LogP contribution is -2.45. The Morgan fingerprint density at radius 3 is 2.43 bits per heavy atom. The molecule has 2 saturated heterocycles. The topological polar surface area (TPSA) is 89.3 Å². The third-order valence-electron chi connectivity index (χ3n) is 8.71. The first-order chi connectivity index (χ1) is 17.9. The molecule has 0 aromatic carbocycles. The SMILES string of the molecule is COC(=O)c1ccc([C@H](CCN2[C@H]3CC[C@H]2CC(n2c(C)nnc2C(C)C)C3)NC(=O)C2CCCC2)s1. The summed E-state index contributed by atoms with van der Waals surface area (Å²) in [6, 6.07) is 5.28. The lowest BCUT2D eigenvalue weighted by molar-refractivity contribution is -0.125. The lowest BCUT2D eigenvalue weighted by Gasteiger charge is -2.40. The Morgan fingerprint density at radius 1 is 1.08 bits per heavy atom. The normalized spacial score (nSPS) is 25.1. The van der Waals surface area contributed by atoms with E-state index in [4.69, 9.17) is 4.74 Å². The Kier molecular flexibility index (Phi) is 8.00. The lowest BCUT2D eigenvalue weighted by atomic mass is 9.95. The third-order valence-corrected chi connectivity index (χ3v) is 9.89. The second-order valence-electron chi connectivity index (χ2n) is 11.4. The van der Waals surface area contributed by atoms with E-state index in [0.717, 1.165) is 68.0 Å². The monoisotopic (exact) mass is 527 g/mol. The highest BCUT2D eigenvalue weighted by atomic mass is 32.1. The molecule has 4 heterocycles. The van der Waals surface area contributed by atoms with Gasteiger partial charge in [-0.05, 0) is 64.0 Å². The van der Waals surface area contributed by atoms with Gasteiger partial charge in [-0.15, -0.1) is 21.5 Å². The van der Waals surface area contributed by atoms with E-state index < -0.39 is 0 Å². The molecule has 0 unspecified atom stereocenters. The number of piperidine rings is 1. The molecule has 2 aromatic heterocycles. The number of methoxy groups -OCH3 is 1. The Labute approximate surface area is 224 Å². The molecule has 5 rings (SSSR count). The molecule has 3 fully saturated rings. The minimum absolute atomic E-state index is 0.0822. The summed E-state index contributed by atoms with van der Waals surface area (Å²) >= 11 is 1.44. The molecule has 0 spiro atoms. The Balaban J connectivity index is 1.28. The number of hydrogen-bond acceptors (Lipinski definition) is 7. The van der Waals surface area contributed by atoms with Crippen molar-refractivity contribution in [3.8, 4) is 0 Å². The highest BCUT2D eigenvalue weighted by molar-refractivity contribution is 7.14. The van der Waals surface area contributed by atoms with Crippen LogP contribution in [0, 0.1) is 12.8 Å². The van der Waals surface area contributed by atoms with Crippen LogP contribution in [-0.2, 0) is 9.53 Å². The predicted molar refractivity (Wildman–Crippen MR) is 144 cm³/mol. The third kappa shape index (κ3) is 5.48. The van der Waals surface area contributed by atoms with Crippen LogP contribution in [0.5, 0.6) is 0 Å². The number of fused-ring (bicyclic) bond motifs is 2. The van der Waals surface area contributed by atoms with Gasteiger partial charge in [-0.3, -0.25) is 9.69 Å². The smallest absolute Gasteiger partial charge is 0.348 e. The molecule has 8 nitrogen and oxygen atoms in total. The van der Waals surface area contributed by atoms with Crippen LogP contribution in [0.2, 0.25) is 0 Å². The first-order valence-electron chi connectivity index (χ1n) is 14.0. The average molecular weight is 528 g/mol. The second-order valence-corrected chi connectivity index (χ2v) is 12.5. The quantitative estimate of drug-likeness (QED) is 0.453. The number of esters is 1. The summed E-state index contributed by atoms with van der Waals surface area (Å²) in [4.78, 5) is 29.5. The molecule has 1 amide bonds. The molecule has 2 bridgehead atoms. The Bertz CT molecular complexity index is 1090. The van der Waals surface area contributed by atoms with Gasteiger partial charge >= 0.3 is 5.97 Å². The van der Waals surface area contributed by atoms with Gasteiger partial charge in [0.1, 0.15) is 16.5 Å². The van der Waals surface area contributed by atoms with Gasteiger partial charge in [-0.1, -0.05) is 26.7 Å². The number of amides is 1.